The van der Waals surface area contributed by atoms with Crippen LogP contribution in [0.25, 0.3) is 22.3 Å². The van der Waals surface area contributed by atoms with E-state index in [9.17, 15) is 0 Å². The molecule has 3 heteroatoms. The molecule has 7 aromatic rings. The maximum absolute atomic E-state index is 2.68. The number of para-hydroxylation sites is 2. The maximum atomic E-state index is 2.68. The molecule has 2 spiro atoms. The fourth-order valence-electron chi connectivity index (χ4n) is 12.6. The molecule has 6 aliphatic rings. The Labute approximate surface area is 324 Å². The van der Waals surface area contributed by atoms with Crippen LogP contribution in [0.5, 0.6) is 0 Å². The summed E-state index contributed by atoms with van der Waals surface area (Å²) in [4.78, 5) is 5.18. The van der Waals surface area contributed by atoms with Crippen molar-refractivity contribution in [1.82, 2.24) is 0 Å². The van der Waals surface area contributed by atoms with E-state index >= 15 is 0 Å². The van der Waals surface area contributed by atoms with Crippen molar-refractivity contribution in [2.75, 3.05) is 9.80 Å². The van der Waals surface area contributed by atoms with Crippen molar-refractivity contribution < 1.29 is 0 Å². The first kappa shape index (κ1) is 30.5. The van der Waals surface area contributed by atoms with Gasteiger partial charge in [-0.05, 0) is 135 Å². The zero-order valence-corrected chi connectivity index (χ0v) is 31.1. The van der Waals surface area contributed by atoms with Crippen molar-refractivity contribution in [3.63, 3.8) is 0 Å². The molecule has 0 aromatic heterocycles. The topological polar surface area (TPSA) is 6.48 Å². The third kappa shape index (κ3) is 3.82. The van der Waals surface area contributed by atoms with Gasteiger partial charge in [0, 0.05) is 45.0 Å². The Balaban J connectivity index is 1.07. The van der Waals surface area contributed by atoms with E-state index in [-0.39, 0.29) is 17.5 Å². The van der Waals surface area contributed by atoms with Gasteiger partial charge < -0.3 is 9.80 Å². The molecule has 2 aliphatic heterocycles. The first-order valence-corrected chi connectivity index (χ1v) is 20.7. The molecule has 55 heavy (non-hydrogen) atoms. The van der Waals surface area contributed by atoms with Crippen LogP contribution in [0.3, 0.4) is 0 Å². The molecule has 0 amide bonds. The Bertz CT molecular complexity index is 2750. The summed E-state index contributed by atoms with van der Waals surface area (Å²) in [5.74, 6) is 0. The molecule has 262 valence electrons. The Hall–Kier alpha value is -5.80. The van der Waals surface area contributed by atoms with Crippen molar-refractivity contribution >= 4 is 57.2 Å². The van der Waals surface area contributed by atoms with Gasteiger partial charge in [0.25, 0.3) is 6.71 Å². The Morgan fingerprint density at radius 3 is 1.62 bits per heavy atom. The summed E-state index contributed by atoms with van der Waals surface area (Å²) < 4.78 is 0. The molecule has 0 radical (unpaired) electrons. The molecular weight excluding hydrogens is 663 g/mol. The van der Waals surface area contributed by atoms with Gasteiger partial charge in [0.1, 0.15) is 0 Å². The van der Waals surface area contributed by atoms with Crippen LogP contribution >= 0.6 is 0 Å². The number of fused-ring (bicyclic) bond motifs is 14. The van der Waals surface area contributed by atoms with Crippen molar-refractivity contribution in [3.05, 3.63) is 174 Å². The molecule has 0 bridgehead atoms. The molecule has 0 saturated heterocycles. The molecule has 7 aromatic carbocycles. The van der Waals surface area contributed by atoms with Crippen LogP contribution < -0.4 is 26.2 Å². The Kier molecular flexibility index (Phi) is 6.06. The zero-order chi connectivity index (χ0) is 35.9. The van der Waals surface area contributed by atoms with Gasteiger partial charge >= 0.3 is 0 Å². The van der Waals surface area contributed by atoms with Gasteiger partial charge in [-0.2, -0.15) is 0 Å². The van der Waals surface area contributed by atoms with Crippen LogP contribution in [0, 0.1) is 0 Å². The molecule has 0 N–H and O–H groups in total. The Morgan fingerprint density at radius 1 is 0.364 bits per heavy atom. The minimum atomic E-state index is 0.108. The van der Waals surface area contributed by atoms with Gasteiger partial charge in [0.05, 0.1) is 0 Å². The van der Waals surface area contributed by atoms with E-state index in [0.717, 1.165) is 0 Å². The molecule has 4 aliphatic carbocycles. The van der Waals surface area contributed by atoms with Crippen LogP contribution in [-0.4, -0.2) is 6.71 Å². The van der Waals surface area contributed by atoms with Gasteiger partial charge in [0.2, 0.25) is 0 Å². The number of rotatable bonds is 2. The average Bonchev–Trinajstić information content (AvgIpc) is 4.05. The minimum Gasteiger partial charge on any atom is -0.311 e. The number of anilines is 6. The lowest BCUT2D eigenvalue weighted by Gasteiger charge is -2.44. The summed E-state index contributed by atoms with van der Waals surface area (Å²) in [6, 6.07) is 58.7. The third-order valence-corrected chi connectivity index (χ3v) is 14.7. The monoisotopic (exact) mass is 704 g/mol. The van der Waals surface area contributed by atoms with Crippen molar-refractivity contribution in [3.8, 4) is 22.3 Å². The van der Waals surface area contributed by atoms with E-state index in [2.05, 4.69) is 161 Å². The van der Waals surface area contributed by atoms with Gasteiger partial charge in [-0.25, -0.2) is 0 Å². The second-order valence-corrected chi connectivity index (χ2v) is 17.1. The lowest BCUT2D eigenvalue weighted by Crippen LogP contribution is -2.61. The van der Waals surface area contributed by atoms with E-state index in [0.29, 0.717) is 0 Å². The van der Waals surface area contributed by atoms with E-state index < -0.39 is 0 Å². The van der Waals surface area contributed by atoms with Crippen LogP contribution in [0.1, 0.15) is 73.6 Å². The van der Waals surface area contributed by atoms with E-state index in [1.807, 2.05) is 0 Å². The lowest BCUT2D eigenvalue weighted by molar-refractivity contribution is 0.550. The highest BCUT2D eigenvalue weighted by molar-refractivity contribution is 7.00. The van der Waals surface area contributed by atoms with E-state index in [1.54, 1.807) is 16.7 Å². The predicted octanol–water partition coefficient (Wildman–Crippen LogP) is 11.5. The highest BCUT2D eigenvalue weighted by Gasteiger charge is 2.50. The molecule has 2 heterocycles. The highest BCUT2D eigenvalue weighted by Crippen LogP contribution is 2.60. The fourth-order valence-corrected chi connectivity index (χ4v) is 12.6. The summed E-state index contributed by atoms with van der Waals surface area (Å²) in [6.07, 6.45) is 10.1. The average molecular weight is 705 g/mol. The standard InChI is InChI=1S/C52H41BN2/c1-2-15-34(16-3-1)54-47-23-14-24-48-50(47)53(45-33-43-39(32-49(45)54)37-18-5-7-20-41(37)52(43)29-12-13-30-52)44-21-8-9-22-46(44)55(48)35-25-26-38-36-17-4-6-19-40(36)51(42(38)31-35)27-10-11-28-51/h1-9,14-26,31-33H,10-13,27-30H2. The number of nitrogens with zero attached hydrogens (tertiary/aromatic N) is 2. The quantitative estimate of drug-likeness (QED) is 0.165. The van der Waals surface area contributed by atoms with Crippen molar-refractivity contribution in [1.29, 1.82) is 0 Å². The van der Waals surface area contributed by atoms with Gasteiger partial charge in [-0.1, -0.05) is 129 Å². The van der Waals surface area contributed by atoms with Crippen molar-refractivity contribution in [2.45, 2.75) is 62.2 Å². The molecule has 0 atom stereocenters. The summed E-state index contributed by atoms with van der Waals surface area (Å²) in [7, 11) is 0. The molecule has 13 rings (SSSR count). The highest BCUT2D eigenvalue weighted by atomic mass is 15.2. The number of hydrogen-bond acceptors (Lipinski definition) is 2. The molecule has 2 fully saturated rings. The minimum absolute atomic E-state index is 0.108. The van der Waals surface area contributed by atoms with Crippen molar-refractivity contribution in [2.24, 2.45) is 0 Å². The number of benzene rings is 7. The predicted molar refractivity (Wildman–Crippen MR) is 230 cm³/mol. The largest absolute Gasteiger partial charge is 0.311 e. The van der Waals surface area contributed by atoms with E-state index in [4.69, 9.17) is 0 Å². The Morgan fingerprint density at radius 2 is 0.909 bits per heavy atom. The van der Waals surface area contributed by atoms with Crippen LogP contribution in [0.15, 0.2) is 152 Å². The van der Waals surface area contributed by atoms with Crippen LogP contribution in [-0.2, 0) is 10.8 Å². The second kappa shape index (κ2) is 10.9. The summed E-state index contributed by atoms with van der Waals surface area (Å²) in [5, 5.41) is 0. The fraction of sp³-hybridized carbons (Fsp3) is 0.192. The first-order chi connectivity index (χ1) is 27.3. The maximum Gasteiger partial charge on any atom is 0.252 e. The first-order valence-electron chi connectivity index (χ1n) is 20.7. The molecule has 2 nitrogen and oxygen atoms in total. The van der Waals surface area contributed by atoms with Crippen LogP contribution in [0.2, 0.25) is 0 Å². The second-order valence-electron chi connectivity index (χ2n) is 17.1. The van der Waals surface area contributed by atoms with Crippen LogP contribution in [0.4, 0.5) is 34.1 Å². The number of hydrogen-bond donors (Lipinski definition) is 0. The molecule has 0 unspecified atom stereocenters. The van der Waals surface area contributed by atoms with Gasteiger partial charge in [0.15, 0.2) is 0 Å². The summed E-state index contributed by atoms with van der Waals surface area (Å²) in [5.41, 5.74) is 24.0. The molecule has 2 saturated carbocycles. The lowest BCUT2D eigenvalue weighted by atomic mass is 9.33. The SMILES string of the molecule is c1ccc(N2c3cc4c(cc3B3c5ccccc5N(c5ccc6c(c5)C5(CCCC5)c5ccccc5-6)c5cccc2c53)C2(CCCC2)c2ccccc2-4)cc1. The van der Waals surface area contributed by atoms with Gasteiger partial charge in [-0.3, -0.25) is 0 Å². The van der Waals surface area contributed by atoms with E-state index in [1.165, 1.54) is 130 Å². The normalized spacial score (nSPS) is 18.1. The summed E-state index contributed by atoms with van der Waals surface area (Å²) >= 11 is 0. The smallest absolute Gasteiger partial charge is 0.252 e. The van der Waals surface area contributed by atoms with Gasteiger partial charge in [-0.15, -0.1) is 0 Å². The third-order valence-electron chi connectivity index (χ3n) is 14.7. The molecular formula is C52H41BN2. The zero-order valence-electron chi connectivity index (χ0n) is 31.1. The summed E-state index contributed by atoms with van der Waals surface area (Å²) in [6.45, 7) is 0.126.